The largest absolute Gasteiger partial charge is 0.361 e. The summed E-state index contributed by atoms with van der Waals surface area (Å²) in [7, 11) is 0. The van der Waals surface area contributed by atoms with Gasteiger partial charge in [0, 0.05) is 28.7 Å². The molecule has 0 aliphatic carbocycles. The summed E-state index contributed by atoms with van der Waals surface area (Å²) in [6.07, 6.45) is 4.02. The zero-order valence-corrected chi connectivity index (χ0v) is 12.8. The number of carbonyl (C=O) groups is 1. The molecule has 4 nitrogen and oxygen atoms in total. The highest BCUT2D eigenvalue weighted by molar-refractivity contribution is 7.09. The second-order valence-electron chi connectivity index (χ2n) is 5.55. The highest BCUT2D eigenvalue weighted by atomic mass is 32.1. The lowest BCUT2D eigenvalue weighted by atomic mass is 10.1. The average Bonchev–Trinajstić information content (AvgIpc) is 3.08. The number of aromatic amines is 1. The summed E-state index contributed by atoms with van der Waals surface area (Å²) >= 11 is 1.55. The van der Waals surface area contributed by atoms with Crippen molar-refractivity contribution in [2.75, 3.05) is 0 Å². The van der Waals surface area contributed by atoms with Crippen molar-refractivity contribution in [1.29, 1.82) is 0 Å². The van der Waals surface area contributed by atoms with Crippen LogP contribution in [0.3, 0.4) is 0 Å². The Labute approximate surface area is 127 Å². The predicted molar refractivity (Wildman–Crippen MR) is 85.3 cm³/mol. The van der Waals surface area contributed by atoms with Gasteiger partial charge in [0.25, 0.3) is 0 Å². The van der Waals surface area contributed by atoms with Crippen molar-refractivity contribution in [3.05, 3.63) is 52.6 Å². The van der Waals surface area contributed by atoms with E-state index in [-0.39, 0.29) is 5.91 Å². The minimum Gasteiger partial charge on any atom is -0.361 e. The van der Waals surface area contributed by atoms with Gasteiger partial charge in [-0.05, 0) is 25.5 Å². The second kappa shape index (κ2) is 5.33. The Morgan fingerprint density at radius 2 is 2.19 bits per heavy atom. The van der Waals surface area contributed by atoms with Gasteiger partial charge in [0.15, 0.2) is 0 Å². The molecule has 3 aromatic rings. The van der Waals surface area contributed by atoms with Crippen molar-refractivity contribution in [2.24, 2.45) is 0 Å². The third kappa shape index (κ3) is 2.83. The first-order chi connectivity index (χ1) is 10.1. The van der Waals surface area contributed by atoms with Gasteiger partial charge in [0.2, 0.25) is 5.91 Å². The molecular formula is C16H17N3OS. The average molecular weight is 299 g/mol. The molecular weight excluding hydrogens is 282 g/mol. The minimum absolute atomic E-state index is 0.0000435. The van der Waals surface area contributed by atoms with Gasteiger partial charge < -0.3 is 10.3 Å². The monoisotopic (exact) mass is 299 g/mol. The zero-order valence-electron chi connectivity index (χ0n) is 12.0. The van der Waals surface area contributed by atoms with E-state index in [1.165, 1.54) is 0 Å². The van der Waals surface area contributed by atoms with Gasteiger partial charge in [-0.25, -0.2) is 4.98 Å². The first kappa shape index (κ1) is 13.8. The van der Waals surface area contributed by atoms with E-state index in [1.807, 2.05) is 49.7 Å². The second-order valence-corrected chi connectivity index (χ2v) is 6.44. The Morgan fingerprint density at radius 1 is 1.38 bits per heavy atom. The molecule has 2 N–H and O–H groups in total. The Balaban J connectivity index is 1.75. The SMILES string of the molecule is CC(C)(NC(=O)Cc1c[nH]c2ccccc12)c1nccs1. The molecule has 0 aliphatic heterocycles. The molecule has 1 amide bonds. The van der Waals surface area contributed by atoms with E-state index in [4.69, 9.17) is 0 Å². The van der Waals surface area contributed by atoms with E-state index in [0.717, 1.165) is 21.5 Å². The van der Waals surface area contributed by atoms with Crippen LogP contribution >= 0.6 is 11.3 Å². The molecule has 2 heterocycles. The fourth-order valence-electron chi connectivity index (χ4n) is 2.43. The molecule has 0 atom stereocenters. The molecule has 0 saturated heterocycles. The number of rotatable bonds is 4. The normalized spacial score (nSPS) is 11.7. The molecule has 108 valence electrons. The van der Waals surface area contributed by atoms with Crippen molar-refractivity contribution in [3.8, 4) is 0 Å². The highest BCUT2D eigenvalue weighted by Crippen LogP contribution is 2.23. The fraction of sp³-hybridized carbons (Fsp3) is 0.250. The van der Waals surface area contributed by atoms with Crippen LogP contribution in [0.15, 0.2) is 42.0 Å². The van der Waals surface area contributed by atoms with E-state index in [9.17, 15) is 4.79 Å². The molecule has 1 aromatic carbocycles. The quantitative estimate of drug-likeness (QED) is 0.777. The molecule has 0 spiro atoms. The van der Waals surface area contributed by atoms with Crippen LogP contribution in [0.4, 0.5) is 0 Å². The maximum absolute atomic E-state index is 12.3. The first-order valence-electron chi connectivity index (χ1n) is 6.82. The van der Waals surface area contributed by atoms with Crippen LogP contribution in [0.5, 0.6) is 0 Å². The number of hydrogen-bond donors (Lipinski definition) is 2. The summed E-state index contributed by atoms with van der Waals surface area (Å²) in [5.74, 6) is -0.0000435. The van der Waals surface area contributed by atoms with Crippen LogP contribution < -0.4 is 5.32 Å². The van der Waals surface area contributed by atoms with Crippen molar-refractivity contribution in [2.45, 2.75) is 25.8 Å². The summed E-state index contributed by atoms with van der Waals surface area (Å²) in [4.78, 5) is 19.8. The standard InChI is InChI=1S/C16H17N3OS/c1-16(2,15-17-7-8-21-15)19-14(20)9-11-10-18-13-6-4-3-5-12(11)13/h3-8,10,18H,9H2,1-2H3,(H,19,20). The molecule has 0 fully saturated rings. The van der Waals surface area contributed by atoms with Crippen molar-refractivity contribution in [1.82, 2.24) is 15.3 Å². The van der Waals surface area contributed by atoms with E-state index in [0.29, 0.717) is 6.42 Å². The Bertz CT molecular complexity index is 759. The highest BCUT2D eigenvalue weighted by Gasteiger charge is 2.25. The third-order valence-electron chi connectivity index (χ3n) is 3.44. The van der Waals surface area contributed by atoms with Crippen LogP contribution in [0.2, 0.25) is 0 Å². The minimum atomic E-state index is -0.447. The number of thiazole rings is 1. The number of aromatic nitrogens is 2. The smallest absolute Gasteiger partial charge is 0.225 e. The molecule has 3 rings (SSSR count). The van der Waals surface area contributed by atoms with Crippen molar-refractivity contribution >= 4 is 28.1 Å². The molecule has 0 saturated carbocycles. The number of benzene rings is 1. The summed E-state index contributed by atoms with van der Waals surface area (Å²) in [6.45, 7) is 3.94. The number of amides is 1. The first-order valence-corrected chi connectivity index (χ1v) is 7.70. The van der Waals surface area contributed by atoms with Gasteiger partial charge in [0.05, 0.1) is 12.0 Å². The van der Waals surface area contributed by atoms with Crippen LogP contribution in [0, 0.1) is 0 Å². The number of nitrogens with one attached hydrogen (secondary N) is 2. The van der Waals surface area contributed by atoms with Crippen LogP contribution in [-0.4, -0.2) is 15.9 Å². The Hall–Kier alpha value is -2.14. The number of hydrogen-bond acceptors (Lipinski definition) is 3. The van der Waals surface area contributed by atoms with Crippen LogP contribution in [0.25, 0.3) is 10.9 Å². The molecule has 21 heavy (non-hydrogen) atoms. The molecule has 0 unspecified atom stereocenters. The van der Waals surface area contributed by atoms with Gasteiger partial charge in [-0.1, -0.05) is 18.2 Å². The fourth-order valence-corrected chi connectivity index (χ4v) is 3.15. The summed E-state index contributed by atoms with van der Waals surface area (Å²) in [5.41, 5.74) is 1.62. The third-order valence-corrected chi connectivity index (χ3v) is 4.54. The summed E-state index contributed by atoms with van der Waals surface area (Å²) in [6, 6.07) is 8.00. The van der Waals surface area contributed by atoms with E-state index in [2.05, 4.69) is 15.3 Å². The number of para-hydroxylation sites is 1. The molecule has 5 heteroatoms. The van der Waals surface area contributed by atoms with Gasteiger partial charge in [-0.3, -0.25) is 4.79 Å². The van der Waals surface area contributed by atoms with Gasteiger partial charge >= 0.3 is 0 Å². The summed E-state index contributed by atoms with van der Waals surface area (Å²) < 4.78 is 0. The van der Waals surface area contributed by atoms with Gasteiger partial charge in [-0.15, -0.1) is 11.3 Å². The predicted octanol–water partition coefficient (Wildman–Crippen LogP) is 3.22. The summed E-state index contributed by atoms with van der Waals surface area (Å²) in [5, 5.41) is 6.99. The number of nitrogens with zero attached hydrogens (tertiary/aromatic N) is 1. The van der Waals surface area contributed by atoms with Crippen LogP contribution in [0.1, 0.15) is 24.4 Å². The maximum atomic E-state index is 12.3. The number of carbonyl (C=O) groups excluding carboxylic acids is 1. The molecule has 0 aliphatic rings. The molecule has 2 aromatic heterocycles. The lowest BCUT2D eigenvalue weighted by Gasteiger charge is -2.23. The van der Waals surface area contributed by atoms with Crippen molar-refractivity contribution < 1.29 is 4.79 Å². The Kier molecular flexibility index (Phi) is 3.51. The lowest BCUT2D eigenvalue weighted by Crippen LogP contribution is -2.41. The lowest BCUT2D eigenvalue weighted by molar-refractivity contribution is -0.122. The van der Waals surface area contributed by atoms with Crippen LogP contribution in [-0.2, 0) is 16.8 Å². The number of fused-ring (bicyclic) bond motifs is 1. The van der Waals surface area contributed by atoms with Gasteiger partial charge in [0.1, 0.15) is 5.01 Å². The maximum Gasteiger partial charge on any atom is 0.225 e. The van der Waals surface area contributed by atoms with E-state index < -0.39 is 5.54 Å². The van der Waals surface area contributed by atoms with E-state index in [1.54, 1.807) is 17.5 Å². The number of H-pyrrole nitrogens is 1. The van der Waals surface area contributed by atoms with Gasteiger partial charge in [-0.2, -0.15) is 0 Å². The van der Waals surface area contributed by atoms with Crippen molar-refractivity contribution in [3.63, 3.8) is 0 Å². The topological polar surface area (TPSA) is 57.8 Å². The zero-order chi connectivity index (χ0) is 14.9. The van der Waals surface area contributed by atoms with E-state index >= 15 is 0 Å². The molecule has 0 radical (unpaired) electrons. The Morgan fingerprint density at radius 3 is 2.95 bits per heavy atom. The molecule has 0 bridgehead atoms.